The molecule has 2 N–H and O–H groups in total. The third-order valence-electron chi connectivity index (χ3n) is 2.84. The fraction of sp³-hybridized carbons (Fsp3) is 0.200. The Morgan fingerprint density at radius 3 is 2.72 bits per heavy atom. The predicted molar refractivity (Wildman–Crippen MR) is 71.5 cm³/mol. The Bertz CT molecular complexity index is 523. The molecule has 1 heterocycles. The summed E-state index contributed by atoms with van der Waals surface area (Å²) in [5.74, 6) is 0.0238. The highest BCUT2D eigenvalue weighted by molar-refractivity contribution is 6.09. The Hall–Kier alpha value is -2.00. The number of ketones is 1. The monoisotopic (exact) mass is 240 g/mol. The number of hydrogen-bond acceptors (Lipinski definition) is 3. The lowest BCUT2D eigenvalue weighted by Crippen LogP contribution is -2.07. The van der Waals surface area contributed by atoms with Crippen molar-refractivity contribution in [2.45, 2.75) is 12.8 Å². The SMILES string of the molecule is NCCCc1ccccc1C(=O)c1cccnc1. The molecular formula is C15H16N2O. The van der Waals surface area contributed by atoms with Crippen molar-refractivity contribution < 1.29 is 4.79 Å². The molecule has 0 aliphatic carbocycles. The molecule has 0 aliphatic rings. The molecule has 0 atom stereocenters. The average molecular weight is 240 g/mol. The van der Waals surface area contributed by atoms with Crippen LogP contribution >= 0.6 is 0 Å². The number of carbonyl (C=O) groups excluding carboxylic acids is 1. The van der Waals surface area contributed by atoms with Gasteiger partial charge >= 0.3 is 0 Å². The fourth-order valence-electron chi connectivity index (χ4n) is 1.90. The summed E-state index contributed by atoms with van der Waals surface area (Å²) in [7, 11) is 0. The smallest absolute Gasteiger partial charge is 0.194 e. The van der Waals surface area contributed by atoms with Gasteiger partial charge in [0.15, 0.2) is 5.78 Å². The summed E-state index contributed by atoms with van der Waals surface area (Å²) in [6, 6.07) is 11.2. The van der Waals surface area contributed by atoms with E-state index < -0.39 is 0 Å². The van der Waals surface area contributed by atoms with Gasteiger partial charge in [0.05, 0.1) is 0 Å². The van der Waals surface area contributed by atoms with Crippen molar-refractivity contribution in [1.29, 1.82) is 0 Å². The van der Waals surface area contributed by atoms with E-state index in [0.717, 1.165) is 24.0 Å². The molecule has 3 nitrogen and oxygen atoms in total. The van der Waals surface area contributed by atoms with Gasteiger partial charge in [0, 0.05) is 23.5 Å². The normalized spacial score (nSPS) is 10.3. The standard InChI is InChI=1S/C15H16N2O/c16-9-3-6-12-5-1-2-8-14(12)15(18)13-7-4-10-17-11-13/h1-2,4-5,7-8,10-11H,3,6,9,16H2. The van der Waals surface area contributed by atoms with E-state index in [1.165, 1.54) is 0 Å². The summed E-state index contributed by atoms with van der Waals surface area (Å²) in [5.41, 5.74) is 7.94. The summed E-state index contributed by atoms with van der Waals surface area (Å²) in [6.45, 7) is 0.634. The highest BCUT2D eigenvalue weighted by atomic mass is 16.1. The molecular weight excluding hydrogens is 224 g/mol. The second kappa shape index (κ2) is 6.07. The number of rotatable bonds is 5. The molecule has 0 fully saturated rings. The molecule has 0 saturated carbocycles. The molecule has 92 valence electrons. The van der Waals surface area contributed by atoms with Crippen LogP contribution in [0.4, 0.5) is 0 Å². The summed E-state index contributed by atoms with van der Waals surface area (Å²) in [6.07, 6.45) is 4.98. The molecule has 0 saturated heterocycles. The largest absolute Gasteiger partial charge is 0.330 e. The quantitative estimate of drug-likeness (QED) is 0.815. The van der Waals surface area contributed by atoms with Gasteiger partial charge in [-0.15, -0.1) is 0 Å². The first-order valence-corrected chi connectivity index (χ1v) is 6.05. The molecule has 0 spiro atoms. The Balaban J connectivity index is 2.30. The number of aryl methyl sites for hydroxylation is 1. The van der Waals surface area contributed by atoms with Crippen molar-refractivity contribution in [2.24, 2.45) is 5.73 Å². The fourth-order valence-corrected chi connectivity index (χ4v) is 1.90. The van der Waals surface area contributed by atoms with Crippen LogP contribution in [0.25, 0.3) is 0 Å². The van der Waals surface area contributed by atoms with Gasteiger partial charge < -0.3 is 5.73 Å². The summed E-state index contributed by atoms with van der Waals surface area (Å²) < 4.78 is 0. The van der Waals surface area contributed by atoms with Crippen LogP contribution in [-0.2, 0) is 6.42 Å². The molecule has 3 heteroatoms. The zero-order valence-corrected chi connectivity index (χ0v) is 10.2. The van der Waals surface area contributed by atoms with E-state index >= 15 is 0 Å². The third kappa shape index (κ3) is 2.81. The van der Waals surface area contributed by atoms with Gasteiger partial charge in [0.25, 0.3) is 0 Å². The molecule has 2 rings (SSSR count). The molecule has 18 heavy (non-hydrogen) atoms. The lowest BCUT2D eigenvalue weighted by Gasteiger charge is -2.07. The van der Waals surface area contributed by atoms with E-state index in [4.69, 9.17) is 5.73 Å². The van der Waals surface area contributed by atoms with Gasteiger partial charge in [-0.1, -0.05) is 24.3 Å². The van der Waals surface area contributed by atoms with Gasteiger partial charge in [-0.2, -0.15) is 0 Å². The molecule has 1 aromatic heterocycles. The van der Waals surface area contributed by atoms with E-state index in [0.29, 0.717) is 12.1 Å². The van der Waals surface area contributed by atoms with Gasteiger partial charge in [-0.05, 0) is 37.1 Å². The highest BCUT2D eigenvalue weighted by Crippen LogP contribution is 2.15. The van der Waals surface area contributed by atoms with E-state index in [9.17, 15) is 4.79 Å². The zero-order valence-electron chi connectivity index (χ0n) is 10.2. The first-order chi connectivity index (χ1) is 8.83. The third-order valence-corrected chi connectivity index (χ3v) is 2.84. The minimum Gasteiger partial charge on any atom is -0.330 e. The number of aromatic nitrogens is 1. The van der Waals surface area contributed by atoms with Gasteiger partial charge in [-0.25, -0.2) is 0 Å². The number of hydrogen-bond donors (Lipinski definition) is 1. The molecule has 0 amide bonds. The predicted octanol–water partition coefficient (Wildman–Crippen LogP) is 2.20. The number of nitrogens with zero attached hydrogens (tertiary/aromatic N) is 1. The maximum atomic E-state index is 12.4. The highest BCUT2D eigenvalue weighted by Gasteiger charge is 2.12. The maximum Gasteiger partial charge on any atom is 0.194 e. The molecule has 2 aromatic rings. The van der Waals surface area contributed by atoms with Crippen molar-refractivity contribution in [3.63, 3.8) is 0 Å². The Morgan fingerprint density at radius 2 is 2.00 bits per heavy atom. The topological polar surface area (TPSA) is 56.0 Å². The molecule has 0 unspecified atom stereocenters. The van der Waals surface area contributed by atoms with Crippen molar-refractivity contribution in [2.75, 3.05) is 6.54 Å². The van der Waals surface area contributed by atoms with Gasteiger partial charge in [-0.3, -0.25) is 9.78 Å². The minimum absolute atomic E-state index is 0.0238. The molecule has 0 bridgehead atoms. The van der Waals surface area contributed by atoms with E-state index in [1.807, 2.05) is 24.3 Å². The van der Waals surface area contributed by atoms with E-state index in [2.05, 4.69) is 4.98 Å². The number of benzene rings is 1. The van der Waals surface area contributed by atoms with E-state index in [1.54, 1.807) is 24.5 Å². The van der Waals surface area contributed by atoms with Gasteiger partial charge in [0.2, 0.25) is 0 Å². The van der Waals surface area contributed by atoms with Crippen LogP contribution in [-0.4, -0.2) is 17.3 Å². The Labute approximate surface area is 107 Å². The Morgan fingerprint density at radius 1 is 1.17 bits per heavy atom. The Kier molecular flexibility index (Phi) is 4.20. The van der Waals surface area contributed by atoms with Crippen LogP contribution in [0.3, 0.4) is 0 Å². The molecule has 0 aliphatic heterocycles. The van der Waals surface area contributed by atoms with Crippen LogP contribution in [0.5, 0.6) is 0 Å². The number of carbonyl (C=O) groups is 1. The van der Waals surface area contributed by atoms with E-state index in [-0.39, 0.29) is 5.78 Å². The second-order valence-electron chi connectivity index (χ2n) is 4.12. The van der Waals surface area contributed by atoms with Crippen LogP contribution in [0.1, 0.15) is 27.9 Å². The lowest BCUT2D eigenvalue weighted by molar-refractivity contribution is 0.103. The van der Waals surface area contributed by atoms with Crippen molar-refractivity contribution in [3.05, 3.63) is 65.5 Å². The summed E-state index contributed by atoms with van der Waals surface area (Å²) in [5, 5.41) is 0. The molecule has 1 aromatic carbocycles. The summed E-state index contributed by atoms with van der Waals surface area (Å²) in [4.78, 5) is 16.3. The molecule has 0 radical (unpaired) electrons. The van der Waals surface area contributed by atoms with Crippen molar-refractivity contribution in [3.8, 4) is 0 Å². The number of pyridine rings is 1. The minimum atomic E-state index is 0.0238. The van der Waals surface area contributed by atoms with Crippen LogP contribution in [0.2, 0.25) is 0 Å². The number of nitrogens with two attached hydrogens (primary N) is 1. The maximum absolute atomic E-state index is 12.4. The van der Waals surface area contributed by atoms with Crippen LogP contribution in [0, 0.1) is 0 Å². The van der Waals surface area contributed by atoms with Crippen molar-refractivity contribution in [1.82, 2.24) is 4.98 Å². The second-order valence-corrected chi connectivity index (χ2v) is 4.12. The van der Waals surface area contributed by atoms with Crippen LogP contribution < -0.4 is 5.73 Å². The average Bonchev–Trinajstić information content (AvgIpc) is 2.45. The summed E-state index contributed by atoms with van der Waals surface area (Å²) >= 11 is 0. The lowest BCUT2D eigenvalue weighted by atomic mass is 9.96. The van der Waals surface area contributed by atoms with Crippen LogP contribution in [0.15, 0.2) is 48.8 Å². The first-order valence-electron chi connectivity index (χ1n) is 6.05. The first kappa shape index (κ1) is 12.5. The van der Waals surface area contributed by atoms with Gasteiger partial charge in [0.1, 0.15) is 0 Å². The van der Waals surface area contributed by atoms with Crippen molar-refractivity contribution >= 4 is 5.78 Å². The zero-order chi connectivity index (χ0) is 12.8.